The van der Waals surface area contributed by atoms with E-state index in [0.29, 0.717) is 0 Å². The van der Waals surface area contributed by atoms with Crippen molar-refractivity contribution in [2.24, 2.45) is 0 Å². The first kappa shape index (κ1) is 28.8. The molecule has 0 aliphatic carbocycles. The average Bonchev–Trinajstić information content (AvgIpc) is 2.73. The zero-order valence-corrected chi connectivity index (χ0v) is 21.4. The van der Waals surface area contributed by atoms with Gasteiger partial charge in [0.25, 0.3) is 0 Å². The first-order valence-electron chi connectivity index (χ1n) is 12.5. The van der Waals surface area contributed by atoms with Crippen LogP contribution in [0.5, 0.6) is 0 Å². The van der Waals surface area contributed by atoms with Gasteiger partial charge in [-0.15, -0.1) is 0 Å². The van der Waals surface area contributed by atoms with Gasteiger partial charge in [0.2, 0.25) is 0 Å². The Morgan fingerprint density at radius 3 is 1.41 bits per heavy atom. The van der Waals surface area contributed by atoms with Crippen molar-refractivity contribution >= 4 is 0 Å². The first-order valence-corrected chi connectivity index (χ1v) is 12.5. The second kappa shape index (κ2) is 24.1. The summed E-state index contributed by atoms with van der Waals surface area (Å²) in [5, 5.41) is 0. The summed E-state index contributed by atoms with van der Waals surface area (Å²) in [5.74, 6) is 0. The monoisotopic (exact) mass is 517 g/mol. The van der Waals surface area contributed by atoms with Gasteiger partial charge in [-0.1, -0.05) is 109 Å². The maximum atomic E-state index is 5.76. The highest BCUT2D eigenvalue weighted by atomic mass is 127. The van der Waals surface area contributed by atoms with Crippen LogP contribution in [0, 0.1) is 0 Å². The molecule has 0 bridgehead atoms. The van der Waals surface area contributed by atoms with Gasteiger partial charge in [0, 0.05) is 25.2 Å². The number of unbranched alkanes of at least 4 members (excludes halogenated alkanes) is 15. The van der Waals surface area contributed by atoms with Crippen LogP contribution < -0.4 is 28.5 Å². The van der Waals surface area contributed by atoms with Crippen molar-refractivity contribution in [3.63, 3.8) is 0 Å². The lowest BCUT2D eigenvalue weighted by molar-refractivity contribution is -0.697. The minimum Gasteiger partial charge on any atom is -1.00 e. The third-order valence-corrected chi connectivity index (χ3v) is 5.62. The molecule has 0 radical (unpaired) electrons. The summed E-state index contributed by atoms with van der Waals surface area (Å²) < 4.78 is 7.98. The zero-order valence-electron chi connectivity index (χ0n) is 19.3. The summed E-state index contributed by atoms with van der Waals surface area (Å²) in [4.78, 5) is 0. The Bertz CT molecular complexity index is 412. The third kappa shape index (κ3) is 20.9. The molecule has 1 aromatic rings. The number of nitrogens with zero attached hydrogens (tertiary/aromatic N) is 1. The van der Waals surface area contributed by atoms with Gasteiger partial charge in [0.05, 0.1) is 6.61 Å². The lowest BCUT2D eigenvalue weighted by atomic mass is 10.0. The fourth-order valence-corrected chi connectivity index (χ4v) is 3.79. The second-order valence-corrected chi connectivity index (χ2v) is 8.38. The van der Waals surface area contributed by atoms with Crippen molar-refractivity contribution in [1.82, 2.24) is 0 Å². The Hall–Kier alpha value is -0.160. The maximum Gasteiger partial charge on any atom is 0.168 e. The molecule has 0 unspecified atom stereocenters. The van der Waals surface area contributed by atoms with Crippen LogP contribution in [0.15, 0.2) is 30.6 Å². The predicted octanol–water partition coefficient (Wildman–Crippen LogP) is 4.65. The summed E-state index contributed by atoms with van der Waals surface area (Å²) in [7, 11) is 0. The van der Waals surface area contributed by atoms with Crippen molar-refractivity contribution in [3.8, 4) is 0 Å². The molecule has 1 aromatic heterocycles. The highest BCUT2D eigenvalue weighted by molar-refractivity contribution is 4.83. The zero-order chi connectivity index (χ0) is 20.0. The Labute approximate surface area is 199 Å². The molecule has 0 N–H and O–H groups in total. The van der Waals surface area contributed by atoms with E-state index in [1.165, 1.54) is 103 Å². The van der Waals surface area contributed by atoms with Gasteiger partial charge in [-0.3, -0.25) is 0 Å². The van der Waals surface area contributed by atoms with Crippen LogP contribution in [0.1, 0.15) is 116 Å². The van der Waals surface area contributed by atoms with Gasteiger partial charge in [-0.25, -0.2) is 4.57 Å². The number of aromatic nitrogens is 1. The fraction of sp³-hybridized carbons (Fsp3) is 0.808. The Kier molecular flexibility index (Phi) is 24.0. The van der Waals surface area contributed by atoms with E-state index in [2.05, 4.69) is 42.1 Å². The van der Waals surface area contributed by atoms with Gasteiger partial charge < -0.3 is 28.7 Å². The first-order chi connectivity index (χ1) is 13.9. The second-order valence-electron chi connectivity index (χ2n) is 8.38. The van der Waals surface area contributed by atoms with Crippen LogP contribution in [-0.4, -0.2) is 13.2 Å². The summed E-state index contributed by atoms with van der Waals surface area (Å²) in [6, 6.07) is 6.22. The fourth-order valence-electron chi connectivity index (χ4n) is 3.79. The quantitative estimate of drug-likeness (QED) is 0.132. The minimum absolute atomic E-state index is 0. The van der Waals surface area contributed by atoms with E-state index in [1.807, 2.05) is 0 Å². The van der Waals surface area contributed by atoms with Gasteiger partial charge >= 0.3 is 0 Å². The van der Waals surface area contributed by atoms with Crippen LogP contribution in [0.25, 0.3) is 0 Å². The smallest absolute Gasteiger partial charge is 0.168 e. The van der Waals surface area contributed by atoms with E-state index in [9.17, 15) is 0 Å². The number of hydrogen-bond acceptors (Lipinski definition) is 1. The SMILES string of the molecule is CCCCCCCCCCCCCCCCCCOCCC[n+]1ccccc1.[I-]. The van der Waals surface area contributed by atoms with Crippen molar-refractivity contribution in [2.75, 3.05) is 13.2 Å². The maximum absolute atomic E-state index is 5.76. The minimum atomic E-state index is 0. The van der Waals surface area contributed by atoms with Gasteiger partial charge in [-0.05, 0) is 6.42 Å². The van der Waals surface area contributed by atoms with Gasteiger partial charge in [0.1, 0.15) is 0 Å². The molecule has 2 nitrogen and oxygen atoms in total. The molecule has 0 aliphatic heterocycles. The highest BCUT2D eigenvalue weighted by Crippen LogP contribution is 2.13. The van der Waals surface area contributed by atoms with Crippen molar-refractivity contribution in [3.05, 3.63) is 30.6 Å². The summed E-state index contributed by atoms with van der Waals surface area (Å²) in [6.45, 7) is 5.18. The molecule has 0 amide bonds. The van der Waals surface area contributed by atoms with Crippen LogP contribution in [0.3, 0.4) is 0 Å². The lowest BCUT2D eigenvalue weighted by Gasteiger charge is -2.04. The molecule has 0 spiro atoms. The van der Waals surface area contributed by atoms with E-state index in [1.54, 1.807) is 0 Å². The largest absolute Gasteiger partial charge is 1.00 e. The van der Waals surface area contributed by atoms with Crippen LogP contribution in [0.4, 0.5) is 0 Å². The Morgan fingerprint density at radius 1 is 0.517 bits per heavy atom. The molecule has 1 heterocycles. The van der Waals surface area contributed by atoms with E-state index in [-0.39, 0.29) is 24.0 Å². The Balaban J connectivity index is 0.00000784. The predicted molar refractivity (Wildman–Crippen MR) is 122 cm³/mol. The number of hydrogen-bond donors (Lipinski definition) is 0. The van der Waals surface area contributed by atoms with Crippen LogP contribution >= 0.6 is 0 Å². The topological polar surface area (TPSA) is 13.1 Å². The molecule has 0 atom stereocenters. The summed E-state index contributed by atoms with van der Waals surface area (Å²) in [5.41, 5.74) is 0. The number of rotatable bonds is 21. The molecule has 1 rings (SSSR count). The van der Waals surface area contributed by atoms with E-state index in [0.717, 1.165) is 26.2 Å². The highest BCUT2D eigenvalue weighted by Gasteiger charge is 1.98. The van der Waals surface area contributed by atoms with Crippen molar-refractivity contribution in [2.45, 2.75) is 123 Å². The van der Waals surface area contributed by atoms with E-state index in [4.69, 9.17) is 4.74 Å². The van der Waals surface area contributed by atoms with Crippen LogP contribution in [0.2, 0.25) is 0 Å². The van der Waals surface area contributed by atoms with Gasteiger partial charge in [-0.2, -0.15) is 0 Å². The molecule has 0 aromatic carbocycles. The average molecular weight is 518 g/mol. The molecule has 170 valence electrons. The normalized spacial score (nSPS) is 10.8. The molecule has 0 fully saturated rings. The molecular formula is C26H48INO. The number of pyridine rings is 1. The van der Waals surface area contributed by atoms with Crippen LogP contribution in [-0.2, 0) is 11.3 Å². The Morgan fingerprint density at radius 2 is 0.931 bits per heavy atom. The molecule has 0 saturated carbocycles. The molecule has 29 heavy (non-hydrogen) atoms. The van der Waals surface area contributed by atoms with E-state index < -0.39 is 0 Å². The molecule has 0 aliphatic rings. The summed E-state index contributed by atoms with van der Waals surface area (Å²) >= 11 is 0. The summed E-state index contributed by atoms with van der Waals surface area (Å²) in [6.07, 6.45) is 28.1. The van der Waals surface area contributed by atoms with Crippen molar-refractivity contribution in [1.29, 1.82) is 0 Å². The number of ether oxygens (including phenoxy) is 1. The molecule has 0 saturated heterocycles. The van der Waals surface area contributed by atoms with E-state index >= 15 is 0 Å². The third-order valence-electron chi connectivity index (χ3n) is 5.62. The number of halogens is 1. The molecular weight excluding hydrogens is 469 g/mol. The van der Waals surface area contributed by atoms with Crippen molar-refractivity contribution < 1.29 is 33.3 Å². The standard InChI is InChI=1S/C26H48NO.HI/c1-2-3-4-5-6-7-8-9-10-11-12-13-14-15-16-20-25-28-26-21-24-27-22-18-17-19-23-27;/h17-19,22-23H,2-16,20-21,24-26H2,1H3;1H/q+1;/p-1. The molecule has 3 heteroatoms. The van der Waals surface area contributed by atoms with Gasteiger partial charge in [0.15, 0.2) is 18.9 Å². The number of aryl methyl sites for hydroxylation is 1. The lowest BCUT2D eigenvalue weighted by Crippen LogP contribution is -3.00.